The zero-order chi connectivity index (χ0) is 16.0. The molecule has 0 saturated carbocycles. The van der Waals surface area contributed by atoms with Gasteiger partial charge in [-0.2, -0.15) is 0 Å². The molecule has 0 saturated heterocycles. The van der Waals surface area contributed by atoms with Crippen molar-refractivity contribution in [2.24, 2.45) is 0 Å². The van der Waals surface area contributed by atoms with E-state index >= 15 is 0 Å². The summed E-state index contributed by atoms with van der Waals surface area (Å²) in [6.07, 6.45) is 12.7. The molecule has 0 fully saturated rings. The summed E-state index contributed by atoms with van der Waals surface area (Å²) in [4.78, 5) is 0. The molecule has 21 heavy (non-hydrogen) atoms. The van der Waals surface area contributed by atoms with E-state index in [0.717, 1.165) is 3.93 Å². The fourth-order valence-corrected chi connectivity index (χ4v) is 21.4. The van der Waals surface area contributed by atoms with Crippen molar-refractivity contribution in [1.29, 1.82) is 0 Å². The van der Waals surface area contributed by atoms with Gasteiger partial charge in [-0.1, -0.05) is 0 Å². The van der Waals surface area contributed by atoms with Crippen LogP contribution in [0.4, 0.5) is 0 Å². The molecule has 0 aromatic heterocycles. The molecular formula is C20H40Sn. The second-order valence-electron chi connectivity index (χ2n) is 6.76. The minimum absolute atomic E-state index is 0.842. The Morgan fingerprint density at radius 2 is 1.14 bits per heavy atom. The second kappa shape index (κ2) is 14.0. The topological polar surface area (TPSA) is 0 Å². The summed E-state index contributed by atoms with van der Waals surface area (Å²) in [6, 6.07) is 0. The second-order valence-corrected chi connectivity index (χ2v) is 20.8. The van der Waals surface area contributed by atoms with E-state index in [4.69, 9.17) is 0 Å². The average Bonchev–Trinajstić information content (AvgIpc) is 2.51. The van der Waals surface area contributed by atoms with Crippen molar-refractivity contribution in [2.45, 2.75) is 110 Å². The molecule has 0 rings (SSSR count). The van der Waals surface area contributed by atoms with Gasteiger partial charge >= 0.3 is 140 Å². The molecule has 1 atom stereocenters. The standard InChI is InChI=1S/C8H13.3C4H9.Sn/c1-3-5-7-8-6-4-2;3*1-3-4-2;/h8H,3,5,7H2,1-2H3;3*1,3-4H2,2H3;. The van der Waals surface area contributed by atoms with Gasteiger partial charge in [0.25, 0.3) is 0 Å². The summed E-state index contributed by atoms with van der Waals surface area (Å²) < 4.78 is 5.66. The first-order chi connectivity index (χ1) is 10.2. The molecule has 0 amide bonds. The van der Waals surface area contributed by atoms with Crippen LogP contribution in [0.3, 0.4) is 0 Å². The summed E-state index contributed by atoms with van der Waals surface area (Å²) in [5.41, 5.74) is 0. The predicted octanol–water partition coefficient (Wildman–Crippen LogP) is 7.42. The summed E-state index contributed by atoms with van der Waals surface area (Å²) in [6.45, 7) is 11.5. The maximum absolute atomic E-state index is 3.73. The molecule has 0 spiro atoms. The van der Waals surface area contributed by atoms with E-state index in [0.29, 0.717) is 0 Å². The van der Waals surface area contributed by atoms with E-state index in [-0.39, 0.29) is 0 Å². The quantitative estimate of drug-likeness (QED) is 0.223. The van der Waals surface area contributed by atoms with E-state index in [9.17, 15) is 0 Å². The zero-order valence-electron chi connectivity index (χ0n) is 15.6. The fourth-order valence-electron chi connectivity index (χ4n) is 3.60. The Morgan fingerprint density at radius 3 is 1.48 bits per heavy atom. The van der Waals surface area contributed by atoms with Crippen LogP contribution < -0.4 is 0 Å². The van der Waals surface area contributed by atoms with Crippen LogP contribution in [-0.2, 0) is 0 Å². The monoisotopic (exact) mass is 400 g/mol. The van der Waals surface area contributed by atoms with Crippen LogP contribution in [-0.4, -0.2) is 18.4 Å². The van der Waals surface area contributed by atoms with Crippen molar-refractivity contribution in [3.63, 3.8) is 0 Å². The first kappa shape index (κ1) is 21.4. The molecule has 0 aromatic carbocycles. The summed E-state index contributed by atoms with van der Waals surface area (Å²) in [5.74, 6) is 7.04. The molecule has 124 valence electrons. The van der Waals surface area contributed by atoms with Crippen LogP contribution in [0.5, 0.6) is 0 Å². The first-order valence-corrected chi connectivity index (χ1v) is 17.3. The van der Waals surface area contributed by atoms with Crippen LogP contribution in [0.15, 0.2) is 0 Å². The molecular weight excluding hydrogens is 359 g/mol. The Labute approximate surface area is 139 Å². The summed E-state index contributed by atoms with van der Waals surface area (Å²) in [5, 5.41) is 0. The number of rotatable bonds is 13. The Hall–Kier alpha value is 0.359. The van der Waals surface area contributed by atoms with Crippen molar-refractivity contribution in [3.8, 4) is 11.8 Å². The Bertz CT molecular complexity index is 262. The van der Waals surface area contributed by atoms with Gasteiger partial charge in [-0.15, -0.1) is 0 Å². The molecule has 0 aliphatic carbocycles. The van der Waals surface area contributed by atoms with E-state index in [1.807, 2.05) is 0 Å². The normalized spacial score (nSPS) is 12.8. The molecule has 0 unspecified atom stereocenters. The van der Waals surface area contributed by atoms with Gasteiger partial charge < -0.3 is 0 Å². The van der Waals surface area contributed by atoms with Crippen LogP contribution in [0.2, 0.25) is 17.2 Å². The zero-order valence-corrected chi connectivity index (χ0v) is 18.4. The Kier molecular flexibility index (Phi) is 14.2. The van der Waals surface area contributed by atoms with Gasteiger partial charge in [0, 0.05) is 0 Å². The Morgan fingerprint density at radius 1 is 0.714 bits per heavy atom. The van der Waals surface area contributed by atoms with Crippen molar-refractivity contribution >= 4 is 18.4 Å². The van der Waals surface area contributed by atoms with Crippen molar-refractivity contribution in [1.82, 2.24) is 0 Å². The third-order valence-corrected chi connectivity index (χ3v) is 22.0. The van der Waals surface area contributed by atoms with Crippen molar-refractivity contribution in [3.05, 3.63) is 0 Å². The van der Waals surface area contributed by atoms with Gasteiger partial charge in [0.2, 0.25) is 0 Å². The van der Waals surface area contributed by atoms with Gasteiger partial charge in [0.1, 0.15) is 0 Å². The number of hydrogen-bond donors (Lipinski definition) is 0. The summed E-state index contributed by atoms with van der Waals surface area (Å²) in [7, 11) is 0. The molecule has 0 aromatic rings. The average molecular weight is 399 g/mol. The number of unbranched alkanes of at least 4 members (excludes halogenated alkanes) is 4. The van der Waals surface area contributed by atoms with Gasteiger partial charge in [-0.05, 0) is 0 Å². The van der Waals surface area contributed by atoms with Gasteiger partial charge in [0.05, 0.1) is 0 Å². The van der Waals surface area contributed by atoms with E-state index in [1.165, 1.54) is 57.8 Å². The van der Waals surface area contributed by atoms with Crippen LogP contribution in [0.1, 0.15) is 92.4 Å². The van der Waals surface area contributed by atoms with Crippen molar-refractivity contribution < 1.29 is 0 Å². The van der Waals surface area contributed by atoms with Crippen molar-refractivity contribution in [2.75, 3.05) is 0 Å². The molecule has 0 aliphatic rings. The van der Waals surface area contributed by atoms with Crippen LogP contribution in [0.25, 0.3) is 0 Å². The number of hydrogen-bond acceptors (Lipinski definition) is 0. The van der Waals surface area contributed by atoms with Gasteiger partial charge in [-0.25, -0.2) is 0 Å². The molecule has 0 radical (unpaired) electrons. The SMILES string of the molecule is CC#C[C@@H](CCCC)[Sn]([CH2]CCC)([CH2]CCC)[CH2]CCC. The first-order valence-electron chi connectivity index (χ1n) is 9.62. The third kappa shape index (κ3) is 8.53. The van der Waals surface area contributed by atoms with E-state index in [2.05, 4.69) is 46.5 Å². The third-order valence-electron chi connectivity index (χ3n) is 4.99. The van der Waals surface area contributed by atoms with E-state index in [1.54, 1.807) is 13.3 Å². The summed E-state index contributed by atoms with van der Waals surface area (Å²) >= 11 is -2.10. The van der Waals surface area contributed by atoms with Gasteiger partial charge in [-0.3, -0.25) is 0 Å². The molecule has 0 heterocycles. The fraction of sp³-hybridized carbons (Fsp3) is 0.900. The minimum atomic E-state index is -2.10. The maximum atomic E-state index is 3.73. The van der Waals surface area contributed by atoms with Crippen LogP contribution >= 0.6 is 0 Å². The molecule has 0 aliphatic heterocycles. The van der Waals surface area contributed by atoms with E-state index < -0.39 is 18.4 Å². The Balaban J connectivity index is 5.21. The molecule has 0 nitrogen and oxygen atoms in total. The molecule has 0 bridgehead atoms. The van der Waals surface area contributed by atoms with Gasteiger partial charge in [0.15, 0.2) is 0 Å². The predicted molar refractivity (Wildman–Crippen MR) is 102 cm³/mol. The molecule has 1 heteroatoms. The van der Waals surface area contributed by atoms with Crippen LogP contribution in [0, 0.1) is 11.8 Å². The molecule has 0 N–H and O–H groups in total.